The smallest absolute Gasteiger partial charge is 0.345 e. The van der Waals surface area contributed by atoms with E-state index in [2.05, 4.69) is 10.6 Å². The lowest BCUT2D eigenvalue weighted by atomic mass is 10.0. The summed E-state index contributed by atoms with van der Waals surface area (Å²) < 4.78 is 10.0. The number of esters is 2. The number of carbonyl (C=O) groups excluding carboxylic acids is 3. The zero-order valence-electron chi connectivity index (χ0n) is 14.1. The van der Waals surface area contributed by atoms with E-state index in [1.165, 1.54) is 24.3 Å². The van der Waals surface area contributed by atoms with Crippen LogP contribution < -0.4 is 10.6 Å². The zero-order chi connectivity index (χ0) is 19.3. The van der Waals surface area contributed by atoms with Gasteiger partial charge >= 0.3 is 18.0 Å². The van der Waals surface area contributed by atoms with Crippen LogP contribution in [0.4, 0.5) is 10.5 Å². The number of rotatable bonds is 6. The molecular weight excluding hydrogens is 346 g/mol. The van der Waals surface area contributed by atoms with Crippen molar-refractivity contribution in [1.82, 2.24) is 10.6 Å². The van der Waals surface area contributed by atoms with Crippen molar-refractivity contribution >= 4 is 23.7 Å². The number of para-hydroxylation sites is 1. The van der Waals surface area contributed by atoms with E-state index in [1.54, 1.807) is 13.8 Å². The Balaban J connectivity index is 2.23. The predicted molar refractivity (Wildman–Crippen MR) is 88.2 cm³/mol. The van der Waals surface area contributed by atoms with E-state index in [9.17, 15) is 24.5 Å². The van der Waals surface area contributed by atoms with Crippen LogP contribution in [0.3, 0.4) is 0 Å². The first-order valence-electron chi connectivity index (χ1n) is 7.73. The lowest BCUT2D eigenvalue weighted by Gasteiger charge is -2.26. The van der Waals surface area contributed by atoms with Crippen molar-refractivity contribution in [2.24, 2.45) is 0 Å². The van der Waals surface area contributed by atoms with Crippen LogP contribution in [0.5, 0.6) is 0 Å². The van der Waals surface area contributed by atoms with E-state index < -0.39 is 41.2 Å². The van der Waals surface area contributed by atoms with E-state index in [-0.39, 0.29) is 23.4 Å². The Kier molecular flexibility index (Phi) is 5.89. The average Bonchev–Trinajstić information content (AvgIpc) is 2.59. The highest BCUT2D eigenvalue weighted by atomic mass is 16.6. The molecule has 0 aliphatic carbocycles. The molecule has 0 aromatic heterocycles. The number of hydrogen-bond donors (Lipinski definition) is 2. The molecule has 0 saturated heterocycles. The molecule has 0 radical (unpaired) electrons. The van der Waals surface area contributed by atoms with Crippen LogP contribution in [0.1, 0.15) is 24.2 Å². The second-order valence-corrected chi connectivity index (χ2v) is 5.28. The number of nitrogens with zero attached hydrogens (tertiary/aromatic N) is 1. The average molecular weight is 363 g/mol. The van der Waals surface area contributed by atoms with Crippen LogP contribution in [0.2, 0.25) is 0 Å². The maximum atomic E-state index is 12.2. The van der Waals surface area contributed by atoms with Crippen molar-refractivity contribution in [3.05, 3.63) is 51.2 Å². The molecule has 1 aromatic rings. The first kappa shape index (κ1) is 18.9. The van der Waals surface area contributed by atoms with Crippen molar-refractivity contribution < 1.29 is 28.8 Å². The Morgan fingerprint density at radius 2 is 1.92 bits per heavy atom. The zero-order valence-corrected chi connectivity index (χ0v) is 14.1. The number of ether oxygens (including phenoxy) is 2. The topological polar surface area (TPSA) is 137 Å². The van der Waals surface area contributed by atoms with E-state index >= 15 is 0 Å². The predicted octanol–water partition coefficient (Wildman–Crippen LogP) is 1.27. The Morgan fingerprint density at radius 3 is 2.58 bits per heavy atom. The van der Waals surface area contributed by atoms with E-state index in [0.29, 0.717) is 0 Å². The highest BCUT2D eigenvalue weighted by Gasteiger charge is 2.30. The summed E-state index contributed by atoms with van der Waals surface area (Å²) in [6.07, 6.45) is 0. The number of urea groups is 1. The molecule has 0 bridgehead atoms. The first-order valence-corrected chi connectivity index (χ1v) is 7.73. The van der Waals surface area contributed by atoms with Gasteiger partial charge in [0.25, 0.3) is 5.69 Å². The van der Waals surface area contributed by atoms with Gasteiger partial charge in [0.15, 0.2) is 0 Å². The summed E-state index contributed by atoms with van der Waals surface area (Å²) >= 11 is 0. The molecule has 1 aliphatic rings. The minimum Gasteiger partial charge on any atom is -0.463 e. The Bertz CT molecular complexity index is 788. The Hall–Kier alpha value is -3.43. The molecule has 0 unspecified atom stereocenters. The maximum absolute atomic E-state index is 12.2. The monoisotopic (exact) mass is 363 g/mol. The third-order valence-corrected chi connectivity index (χ3v) is 3.53. The van der Waals surface area contributed by atoms with Crippen LogP contribution in [0, 0.1) is 10.1 Å². The second-order valence-electron chi connectivity index (χ2n) is 5.28. The summed E-state index contributed by atoms with van der Waals surface area (Å²) in [5, 5.41) is 15.9. The summed E-state index contributed by atoms with van der Waals surface area (Å²) in [7, 11) is 0. The van der Waals surface area contributed by atoms with Gasteiger partial charge in [-0.3, -0.25) is 10.1 Å². The van der Waals surface area contributed by atoms with Gasteiger partial charge in [0.2, 0.25) is 0 Å². The number of nitro groups is 1. The van der Waals surface area contributed by atoms with Crippen molar-refractivity contribution in [3.8, 4) is 0 Å². The van der Waals surface area contributed by atoms with Gasteiger partial charge in [-0.25, -0.2) is 14.4 Å². The molecule has 0 spiro atoms. The quantitative estimate of drug-likeness (QED) is 0.441. The molecule has 1 aromatic carbocycles. The molecule has 138 valence electrons. The van der Waals surface area contributed by atoms with Gasteiger partial charge in [0.05, 0.1) is 28.8 Å². The SMILES string of the molecule is CCOC(=O)C1=C(COC(=O)c2ccccc2[N+](=O)[O-])NC(=O)N[C@H]1C. The number of carbonyl (C=O) groups is 3. The molecule has 26 heavy (non-hydrogen) atoms. The molecule has 0 fully saturated rings. The molecule has 2 amide bonds. The molecule has 2 rings (SSSR count). The van der Waals surface area contributed by atoms with Crippen molar-refractivity contribution in [2.75, 3.05) is 13.2 Å². The number of amides is 2. The number of hydrogen-bond acceptors (Lipinski definition) is 7. The standard InChI is InChI=1S/C16H17N3O7/c1-3-25-15(21)13-9(2)17-16(22)18-11(13)8-26-14(20)10-6-4-5-7-12(10)19(23)24/h4-7,9H,3,8H2,1-2H3,(H2,17,18,22)/t9-/m0/s1. The van der Waals surface area contributed by atoms with Crippen molar-refractivity contribution in [3.63, 3.8) is 0 Å². The van der Waals surface area contributed by atoms with Crippen LogP contribution >= 0.6 is 0 Å². The fraction of sp³-hybridized carbons (Fsp3) is 0.312. The van der Waals surface area contributed by atoms with E-state index in [4.69, 9.17) is 9.47 Å². The molecular formula is C16H17N3O7. The lowest BCUT2D eigenvalue weighted by molar-refractivity contribution is -0.385. The number of nitro benzene ring substituents is 1. The van der Waals surface area contributed by atoms with Gasteiger partial charge < -0.3 is 20.1 Å². The van der Waals surface area contributed by atoms with Gasteiger partial charge in [-0.1, -0.05) is 12.1 Å². The minimum absolute atomic E-state index is 0.0617. The molecule has 10 heteroatoms. The maximum Gasteiger partial charge on any atom is 0.345 e. The molecule has 1 atom stereocenters. The number of nitrogens with one attached hydrogen (secondary N) is 2. The summed E-state index contributed by atoms with van der Waals surface area (Å²) in [6, 6.07) is 4.09. The van der Waals surface area contributed by atoms with Crippen LogP contribution in [0.15, 0.2) is 35.5 Å². The van der Waals surface area contributed by atoms with Gasteiger partial charge in [0, 0.05) is 6.07 Å². The Morgan fingerprint density at radius 1 is 1.23 bits per heavy atom. The van der Waals surface area contributed by atoms with E-state index in [0.717, 1.165) is 0 Å². The summed E-state index contributed by atoms with van der Waals surface area (Å²) in [4.78, 5) is 46.2. The van der Waals surface area contributed by atoms with E-state index in [1.807, 2.05) is 0 Å². The Labute approximate surface area is 148 Å². The van der Waals surface area contributed by atoms with Crippen LogP contribution in [-0.2, 0) is 14.3 Å². The first-order chi connectivity index (χ1) is 12.3. The molecule has 0 saturated carbocycles. The van der Waals surface area contributed by atoms with Crippen LogP contribution in [0.25, 0.3) is 0 Å². The molecule has 2 N–H and O–H groups in total. The third kappa shape index (κ3) is 4.15. The third-order valence-electron chi connectivity index (χ3n) is 3.53. The van der Waals surface area contributed by atoms with Gasteiger partial charge in [-0.15, -0.1) is 0 Å². The highest BCUT2D eigenvalue weighted by Crippen LogP contribution is 2.20. The van der Waals surface area contributed by atoms with Crippen molar-refractivity contribution in [2.45, 2.75) is 19.9 Å². The molecule has 1 heterocycles. The lowest BCUT2D eigenvalue weighted by Crippen LogP contribution is -2.50. The van der Waals surface area contributed by atoms with Gasteiger partial charge in [0.1, 0.15) is 12.2 Å². The summed E-state index contributed by atoms with van der Waals surface area (Å²) in [5.74, 6) is -1.61. The van der Waals surface area contributed by atoms with Crippen molar-refractivity contribution in [1.29, 1.82) is 0 Å². The fourth-order valence-corrected chi connectivity index (χ4v) is 2.41. The van der Waals surface area contributed by atoms with Gasteiger partial charge in [-0.05, 0) is 19.9 Å². The summed E-state index contributed by atoms with van der Waals surface area (Å²) in [5.41, 5.74) is -0.461. The molecule has 1 aliphatic heterocycles. The van der Waals surface area contributed by atoms with Crippen LogP contribution in [-0.4, -0.2) is 42.1 Å². The normalized spacial score (nSPS) is 16.4. The summed E-state index contributed by atoms with van der Waals surface area (Å²) in [6.45, 7) is 2.89. The number of benzene rings is 1. The fourth-order valence-electron chi connectivity index (χ4n) is 2.41. The van der Waals surface area contributed by atoms with Gasteiger partial charge in [-0.2, -0.15) is 0 Å². The minimum atomic E-state index is -0.951. The largest absolute Gasteiger partial charge is 0.463 e. The second kappa shape index (κ2) is 8.10. The highest BCUT2D eigenvalue weighted by molar-refractivity contribution is 5.96. The molecule has 10 nitrogen and oxygen atoms in total.